The van der Waals surface area contributed by atoms with Crippen LogP contribution >= 0.6 is 15.9 Å². The van der Waals surface area contributed by atoms with Gasteiger partial charge in [-0.2, -0.15) is 0 Å². The summed E-state index contributed by atoms with van der Waals surface area (Å²) in [6, 6.07) is 2.98. The molecule has 2 nitrogen and oxygen atoms in total. The first-order valence-corrected chi connectivity index (χ1v) is 5.34. The largest absolute Gasteiger partial charge is 0.496 e. The van der Waals surface area contributed by atoms with Gasteiger partial charge in [-0.05, 0) is 28.1 Å². The SMILES string of the molecule is [C-]#[N+]C1(c2cc(OC)c(Br)cc2F)CC1. The summed E-state index contributed by atoms with van der Waals surface area (Å²) in [6.07, 6.45) is 1.47. The second kappa shape index (κ2) is 3.49. The third-order valence-electron chi connectivity index (χ3n) is 2.68. The topological polar surface area (TPSA) is 13.6 Å². The normalized spacial score (nSPS) is 16.9. The highest BCUT2D eigenvalue weighted by atomic mass is 79.9. The summed E-state index contributed by atoms with van der Waals surface area (Å²) in [6.45, 7) is 7.09. The van der Waals surface area contributed by atoms with Crippen LogP contribution in [0.5, 0.6) is 5.75 Å². The van der Waals surface area contributed by atoms with E-state index in [-0.39, 0.29) is 5.82 Å². The van der Waals surface area contributed by atoms with E-state index in [1.807, 2.05) is 0 Å². The molecule has 0 saturated heterocycles. The zero-order chi connectivity index (χ0) is 11.1. The fourth-order valence-electron chi connectivity index (χ4n) is 1.60. The van der Waals surface area contributed by atoms with Crippen molar-refractivity contribution in [1.82, 2.24) is 0 Å². The molecular formula is C11H9BrFNO. The van der Waals surface area contributed by atoms with Crippen molar-refractivity contribution in [1.29, 1.82) is 0 Å². The van der Waals surface area contributed by atoms with E-state index in [0.717, 1.165) is 12.8 Å². The van der Waals surface area contributed by atoms with Crippen molar-refractivity contribution in [3.63, 3.8) is 0 Å². The first-order chi connectivity index (χ1) is 7.13. The van der Waals surface area contributed by atoms with Crippen LogP contribution in [0.1, 0.15) is 18.4 Å². The van der Waals surface area contributed by atoms with Crippen LogP contribution in [0.25, 0.3) is 4.85 Å². The molecule has 0 heterocycles. The zero-order valence-corrected chi connectivity index (χ0v) is 9.77. The Morgan fingerprint density at radius 1 is 1.53 bits per heavy atom. The number of halogens is 2. The molecule has 1 fully saturated rings. The van der Waals surface area contributed by atoms with Crippen molar-refractivity contribution in [2.45, 2.75) is 18.4 Å². The highest BCUT2D eigenvalue weighted by Crippen LogP contribution is 2.51. The van der Waals surface area contributed by atoms with Gasteiger partial charge in [0.05, 0.1) is 17.1 Å². The Bertz CT molecular complexity index is 449. The minimum Gasteiger partial charge on any atom is -0.496 e. The van der Waals surface area contributed by atoms with Crippen molar-refractivity contribution in [2.24, 2.45) is 0 Å². The summed E-state index contributed by atoms with van der Waals surface area (Å²) < 4.78 is 19.3. The monoisotopic (exact) mass is 269 g/mol. The number of nitrogens with zero attached hydrogens (tertiary/aromatic N) is 1. The van der Waals surface area contributed by atoms with E-state index in [2.05, 4.69) is 20.8 Å². The zero-order valence-electron chi connectivity index (χ0n) is 8.18. The molecule has 0 N–H and O–H groups in total. The second-order valence-corrected chi connectivity index (χ2v) is 4.46. The highest BCUT2D eigenvalue weighted by molar-refractivity contribution is 9.10. The lowest BCUT2D eigenvalue weighted by molar-refractivity contribution is 0.409. The fraction of sp³-hybridized carbons (Fsp3) is 0.364. The molecule has 0 radical (unpaired) electrons. The van der Waals surface area contributed by atoms with Crippen LogP contribution in [0.3, 0.4) is 0 Å². The van der Waals surface area contributed by atoms with Crippen LogP contribution < -0.4 is 4.74 Å². The van der Waals surface area contributed by atoms with Crippen molar-refractivity contribution in [2.75, 3.05) is 7.11 Å². The molecule has 0 spiro atoms. The molecule has 78 valence electrons. The van der Waals surface area contributed by atoms with Gasteiger partial charge in [0.1, 0.15) is 11.6 Å². The Hall–Kier alpha value is -1.08. The van der Waals surface area contributed by atoms with Crippen LogP contribution in [-0.2, 0) is 5.54 Å². The van der Waals surface area contributed by atoms with Gasteiger partial charge in [0.15, 0.2) is 0 Å². The van der Waals surface area contributed by atoms with E-state index in [9.17, 15) is 4.39 Å². The Morgan fingerprint density at radius 2 is 2.20 bits per heavy atom. The second-order valence-electron chi connectivity index (χ2n) is 3.61. The maximum absolute atomic E-state index is 13.7. The smallest absolute Gasteiger partial charge is 0.261 e. The van der Waals surface area contributed by atoms with Gasteiger partial charge < -0.3 is 9.58 Å². The maximum atomic E-state index is 13.7. The predicted molar refractivity (Wildman–Crippen MR) is 58.2 cm³/mol. The lowest BCUT2D eigenvalue weighted by Crippen LogP contribution is -2.04. The number of rotatable bonds is 2. The number of benzene rings is 1. The number of ether oxygens (including phenoxy) is 1. The summed E-state index contributed by atoms with van der Waals surface area (Å²) in [5.74, 6) is 0.234. The molecule has 0 aromatic heterocycles. The Balaban J connectivity index is 2.54. The Labute approximate surface area is 96.0 Å². The molecule has 0 aliphatic heterocycles. The van der Waals surface area contributed by atoms with E-state index in [1.54, 1.807) is 6.07 Å². The molecule has 1 aliphatic carbocycles. The van der Waals surface area contributed by atoms with E-state index in [0.29, 0.717) is 15.8 Å². The van der Waals surface area contributed by atoms with Gasteiger partial charge in [-0.25, -0.2) is 11.0 Å². The van der Waals surface area contributed by atoms with Crippen molar-refractivity contribution in [3.05, 3.63) is 39.4 Å². The lowest BCUT2D eigenvalue weighted by atomic mass is 10.0. The van der Waals surface area contributed by atoms with Crippen LogP contribution in [0.4, 0.5) is 4.39 Å². The molecule has 0 atom stereocenters. The molecule has 1 aromatic carbocycles. The van der Waals surface area contributed by atoms with E-state index in [1.165, 1.54) is 13.2 Å². The predicted octanol–water partition coefficient (Wildman–Crippen LogP) is 3.51. The third-order valence-corrected chi connectivity index (χ3v) is 3.30. The molecule has 0 bridgehead atoms. The fourth-order valence-corrected chi connectivity index (χ4v) is 2.08. The van der Waals surface area contributed by atoms with Crippen LogP contribution in [0.2, 0.25) is 0 Å². The third kappa shape index (κ3) is 1.61. The summed E-state index contributed by atoms with van der Waals surface area (Å²) in [4.78, 5) is 3.51. The molecule has 2 rings (SSSR count). The molecule has 0 amide bonds. The minimum absolute atomic E-state index is 0.337. The van der Waals surface area contributed by atoms with Gasteiger partial charge in [0, 0.05) is 12.8 Å². The molecule has 1 aliphatic rings. The summed E-state index contributed by atoms with van der Waals surface area (Å²) in [5, 5.41) is 0. The van der Waals surface area contributed by atoms with Crippen molar-refractivity contribution < 1.29 is 9.13 Å². The van der Waals surface area contributed by atoms with Gasteiger partial charge in [0.2, 0.25) is 0 Å². The molecule has 4 heteroatoms. The Morgan fingerprint density at radius 3 is 2.67 bits per heavy atom. The van der Waals surface area contributed by atoms with Gasteiger partial charge in [0.25, 0.3) is 5.54 Å². The average molecular weight is 270 g/mol. The van der Waals surface area contributed by atoms with Crippen LogP contribution in [0, 0.1) is 12.4 Å². The maximum Gasteiger partial charge on any atom is 0.261 e. The van der Waals surface area contributed by atoms with Crippen LogP contribution in [-0.4, -0.2) is 7.11 Å². The van der Waals surface area contributed by atoms with Crippen molar-refractivity contribution >= 4 is 15.9 Å². The molecule has 1 saturated carbocycles. The lowest BCUT2D eigenvalue weighted by Gasteiger charge is -2.09. The quantitative estimate of drug-likeness (QED) is 0.750. The van der Waals surface area contributed by atoms with Gasteiger partial charge in [-0.15, -0.1) is 0 Å². The average Bonchev–Trinajstić information content (AvgIpc) is 2.99. The van der Waals surface area contributed by atoms with E-state index >= 15 is 0 Å². The number of hydrogen-bond donors (Lipinski definition) is 0. The summed E-state index contributed by atoms with van der Waals surface area (Å²) >= 11 is 3.21. The Kier molecular flexibility index (Phi) is 2.43. The number of methoxy groups -OCH3 is 1. The standard InChI is InChI=1S/C11H9BrFNO/c1-14-11(3-4-11)7-5-10(15-2)8(12)6-9(7)13/h5-6H,3-4H2,2H3. The number of hydrogen-bond acceptors (Lipinski definition) is 1. The highest BCUT2D eigenvalue weighted by Gasteiger charge is 2.54. The first kappa shape index (κ1) is 10.4. The summed E-state index contributed by atoms with van der Waals surface area (Å²) in [7, 11) is 1.53. The van der Waals surface area contributed by atoms with Gasteiger partial charge in [-0.1, -0.05) is 0 Å². The van der Waals surface area contributed by atoms with E-state index in [4.69, 9.17) is 11.3 Å². The van der Waals surface area contributed by atoms with Gasteiger partial charge in [-0.3, -0.25) is 0 Å². The van der Waals surface area contributed by atoms with Crippen LogP contribution in [0.15, 0.2) is 16.6 Å². The molecule has 0 unspecified atom stereocenters. The van der Waals surface area contributed by atoms with Crippen molar-refractivity contribution in [3.8, 4) is 5.75 Å². The molecular weight excluding hydrogens is 261 g/mol. The molecule has 15 heavy (non-hydrogen) atoms. The van der Waals surface area contributed by atoms with E-state index < -0.39 is 5.54 Å². The molecule has 1 aromatic rings. The first-order valence-electron chi connectivity index (χ1n) is 4.55. The van der Waals surface area contributed by atoms with Gasteiger partial charge >= 0.3 is 0 Å². The summed E-state index contributed by atoms with van der Waals surface area (Å²) in [5.41, 5.74) is -0.171. The minimum atomic E-state index is -0.627.